The fourth-order valence-corrected chi connectivity index (χ4v) is 2.43. The number of para-hydroxylation sites is 1. The molecule has 2 aromatic carbocycles. The molecule has 124 valence electrons. The minimum absolute atomic E-state index is 0.490. The van der Waals surface area contributed by atoms with Crippen molar-refractivity contribution >= 4 is 11.6 Å². The maximum Gasteiger partial charge on any atom is 0.138 e. The van der Waals surface area contributed by atoms with Crippen molar-refractivity contribution in [3.05, 3.63) is 59.1 Å². The van der Waals surface area contributed by atoms with Crippen molar-refractivity contribution in [3.8, 4) is 11.5 Å². The molecule has 0 bridgehead atoms. The van der Waals surface area contributed by atoms with Gasteiger partial charge in [0.25, 0.3) is 0 Å². The van der Waals surface area contributed by atoms with Gasteiger partial charge in [0.1, 0.15) is 24.7 Å². The van der Waals surface area contributed by atoms with Gasteiger partial charge < -0.3 is 14.4 Å². The Morgan fingerprint density at radius 2 is 1.61 bits per heavy atom. The van der Waals surface area contributed by atoms with Crippen LogP contribution in [0.5, 0.6) is 11.5 Å². The third-order valence-corrected chi connectivity index (χ3v) is 4.04. The van der Waals surface area contributed by atoms with Crippen LogP contribution in [0.25, 0.3) is 0 Å². The largest absolute Gasteiger partial charge is 0.492 e. The molecule has 0 unspecified atom stereocenters. The number of hydrogen-bond acceptors (Lipinski definition) is 3. The molecule has 0 aliphatic heterocycles. The molecule has 2 rings (SSSR count). The number of nitrogens with zero attached hydrogens (tertiary/aromatic N) is 1. The van der Waals surface area contributed by atoms with Crippen molar-refractivity contribution in [2.75, 3.05) is 26.2 Å². The molecule has 23 heavy (non-hydrogen) atoms. The van der Waals surface area contributed by atoms with E-state index in [2.05, 4.69) is 18.7 Å². The monoisotopic (exact) mass is 333 g/mol. The predicted molar refractivity (Wildman–Crippen MR) is 95.5 cm³/mol. The molecule has 4 heteroatoms. The van der Waals surface area contributed by atoms with Crippen molar-refractivity contribution in [3.63, 3.8) is 0 Å². The van der Waals surface area contributed by atoms with E-state index in [1.165, 1.54) is 0 Å². The molecule has 0 aliphatic carbocycles. The zero-order chi connectivity index (χ0) is 16.5. The van der Waals surface area contributed by atoms with Crippen LogP contribution in [0.3, 0.4) is 0 Å². The summed E-state index contributed by atoms with van der Waals surface area (Å²) in [4.78, 5) is 2.34. The van der Waals surface area contributed by atoms with E-state index in [1.807, 2.05) is 48.5 Å². The van der Waals surface area contributed by atoms with E-state index >= 15 is 0 Å². The Balaban J connectivity index is 1.79. The van der Waals surface area contributed by atoms with Gasteiger partial charge in [0, 0.05) is 6.54 Å². The Morgan fingerprint density at radius 3 is 2.26 bits per heavy atom. The second-order valence-electron chi connectivity index (χ2n) is 5.24. The lowest BCUT2D eigenvalue weighted by atomic mass is 10.2. The van der Waals surface area contributed by atoms with Gasteiger partial charge in [-0.3, -0.25) is 0 Å². The smallest absolute Gasteiger partial charge is 0.138 e. The van der Waals surface area contributed by atoms with Gasteiger partial charge >= 0.3 is 0 Å². The van der Waals surface area contributed by atoms with Gasteiger partial charge in [-0.1, -0.05) is 49.7 Å². The Labute approximate surface area is 143 Å². The highest BCUT2D eigenvalue weighted by Crippen LogP contribution is 2.24. The van der Waals surface area contributed by atoms with Gasteiger partial charge in [-0.2, -0.15) is 0 Å². The Kier molecular flexibility index (Phi) is 7.24. The van der Waals surface area contributed by atoms with Gasteiger partial charge in [-0.15, -0.1) is 0 Å². The maximum absolute atomic E-state index is 6.07. The zero-order valence-electron chi connectivity index (χ0n) is 13.8. The average Bonchev–Trinajstić information content (AvgIpc) is 2.59. The number of ether oxygens (including phenoxy) is 2. The SMILES string of the molecule is CCN(CC)CCOc1ccc(COc2ccccc2Cl)cc1. The van der Waals surface area contributed by atoms with Crippen LogP contribution in [0, 0.1) is 0 Å². The van der Waals surface area contributed by atoms with E-state index in [1.54, 1.807) is 0 Å². The van der Waals surface area contributed by atoms with E-state index in [9.17, 15) is 0 Å². The number of hydrogen-bond donors (Lipinski definition) is 0. The first-order valence-electron chi connectivity index (χ1n) is 8.04. The van der Waals surface area contributed by atoms with Crippen LogP contribution in [0.2, 0.25) is 5.02 Å². The van der Waals surface area contributed by atoms with Crippen molar-refractivity contribution in [1.82, 2.24) is 4.90 Å². The molecule has 0 spiro atoms. The molecular weight excluding hydrogens is 310 g/mol. The molecule has 0 saturated heterocycles. The first-order chi connectivity index (χ1) is 11.2. The molecule has 0 radical (unpaired) electrons. The summed E-state index contributed by atoms with van der Waals surface area (Å²) in [7, 11) is 0. The van der Waals surface area contributed by atoms with Crippen molar-refractivity contribution < 1.29 is 9.47 Å². The maximum atomic E-state index is 6.07. The minimum Gasteiger partial charge on any atom is -0.492 e. The van der Waals surface area contributed by atoms with Crippen LogP contribution in [0.1, 0.15) is 19.4 Å². The number of halogens is 1. The second-order valence-corrected chi connectivity index (χ2v) is 5.65. The summed E-state index contributed by atoms with van der Waals surface area (Å²) in [6.45, 7) is 8.58. The summed E-state index contributed by atoms with van der Waals surface area (Å²) in [6, 6.07) is 15.5. The van der Waals surface area contributed by atoms with Crippen molar-refractivity contribution in [2.45, 2.75) is 20.5 Å². The van der Waals surface area contributed by atoms with Crippen LogP contribution in [0.15, 0.2) is 48.5 Å². The zero-order valence-corrected chi connectivity index (χ0v) is 14.6. The summed E-state index contributed by atoms with van der Waals surface area (Å²) in [5, 5.41) is 0.629. The molecule has 2 aromatic rings. The highest BCUT2D eigenvalue weighted by atomic mass is 35.5. The summed E-state index contributed by atoms with van der Waals surface area (Å²) >= 11 is 6.07. The lowest BCUT2D eigenvalue weighted by Gasteiger charge is -2.18. The van der Waals surface area contributed by atoms with E-state index in [4.69, 9.17) is 21.1 Å². The van der Waals surface area contributed by atoms with Crippen molar-refractivity contribution in [2.24, 2.45) is 0 Å². The Morgan fingerprint density at radius 1 is 0.913 bits per heavy atom. The molecule has 3 nitrogen and oxygen atoms in total. The van der Waals surface area contributed by atoms with Gasteiger partial charge in [0.15, 0.2) is 0 Å². The summed E-state index contributed by atoms with van der Waals surface area (Å²) in [5.74, 6) is 1.59. The van der Waals surface area contributed by atoms with Gasteiger partial charge in [-0.05, 0) is 42.9 Å². The third kappa shape index (κ3) is 5.77. The normalized spacial score (nSPS) is 10.8. The van der Waals surface area contributed by atoms with Crippen LogP contribution >= 0.6 is 11.6 Å². The van der Waals surface area contributed by atoms with Crippen LogP contribution in [0.4, 0.5) is 0 Å². The average molecular weight is 334 g/mol. The molecule has 0 fully saturated rings. The Bertz CT molecular complexity index is 582. The van der Waals surface area contributed by atoms with Gasteiger partial charge in [0.2, 0.25) is 0 Å². The van der Waals surface area contributed by atoms with Gasteiger partial charge in [0.05, 0.1) is 5.02 Å². The molecular formula is C19H24ClNO2. The number of rotatable bonds is 9. The van der Waals surface area contributed by atoms with E-state index in [-0.39, 0.29) is 0 Å². The summed E-state index contributed by atoms with van der Waals surface area (Å²) in [6.07, 6.45) is 0. The van der Waals surface area contributed by atoms with E-state index in [0.717, 1.165) is 30.9 Å². The van der Waals surface area contributed by atoms with Crippen LogP contribution in [-0.2, 0) is 6.61 Å². The summed E-state index contributed by atoms with van der Waals surface area (Å²) in [5.41, 5.74) is 1.08. The second kappa shape index (κ2) is 9.43. The molecule has 0 amide bonds. The van der Waals surface area contributed by atoms with Gasteiger partial charge in [-0.25, -0.2) is 0 Å². The molecule has 0 aromatic heterocycles. The molecule has 0 atom stereocenters. The quantitative estimate of drug-likeness (QED) is 0.667. The highest BCUT2D eigenvalue weighted by molar-refractivity contribution is 6.32. The van der Waals surface area contributed by atoms with E-state index in [0.29, 0.717) is 24.0 Å². The fourth-order valence-electron chi connectivity index (χ4n) is 2.24. The number of benzene rings is 2. The van der Waals surface area contributed by atoms with E-state index < -0.39 is 0 Å². The van der Waals surface area contributed by atoms with Crippen molar-refractivity contribution in [1.29, 1.82) is 0 Å². The molecule has 0 N–H and O–H groups in total. The molecule has 0 aliphatic rings. The number of likely N-dealkylation sites (N-methyl/N-ethyl adjacent to an activating group) is 1. The van der Waals surface area contributed by atoms with Crippen LogP contribution < -0.4 is 9.47 Å². The predicted octanol–water partition coefficient (Wildman–Crippen LogP) is 4.64. The third-order valence-electron chi connectivity index (χ3n) is 3.73. The van der Waals surface area contributed by atoms with Crippen LogP contribution in [-0.4, -0.2) is 31.1 Å². The lowest BCUT2D eigenvalue weighted by Crippen LogP contribution is -2.27. The standard InChI is InChI=1S/C19H24ClNO2/c1-3-21(4-2)13-14-22-17-11-9-16(10-12-17)15-23-19-8-6-5-7-18(19)20/h5-12H,3-4,13-15H2,1-2H3. The fraction of sp³-hybridized carbons (Fsp3) is 0.368. The highest BCUT2D eigenvalue weighted by Gasteiger charge is 2.02. The summed E-state index contributed by atoms with van der Waals surface area (Å²) < 4.78 is 11.5. The first-order valence-corrected chi connectivity index (χ1v) is 8.42. The molecule has 0 saturated carbocycles. The molecule has 0 heterocycles. The Hall–Kier alpha value is -1.71. The first kappa shape index (κ1) is 17.6. The topological polar surface area (TPSA) is 21.7 Å². The lowest BCUT2D eigenvalue weighted by molar-refractivity contribution is 0.222. The minimum atomic E-state index is 0.490.